The predicted octanol–water partition coefficient (Wildman–Crippen LogP) is 4.33. The molecule has 3 fully saturated rings. The van der Waals surface area contributed by atoms with Crippen molar-refractivity contribution >= 4 is 22.8 Å². The number of nitrogens with zero attached hydrogens (tertiary/aromatic N) is 2. The maximum atomic E-state index is 12.8. The number of carbonyl (C=O) groups excluding carboxylic acids is 1. The number of allylic oxidation sites excluding steroid dienone is 1. The molecule has 0 atom stereocenters. The number of methoxy groups -OCH3 is 1. The summed E-state index contributed by atoms with van der Waals surface area (Å²) >= 11 is 0. The van der Waals surface area contributed by atoms with Crippen LogP contribution >= 0.6 is 0 Å². The molecule has 28 heavy (non-hydrogen) atoms. The molecule has 0 aliphatic carbocycles. The zero-order valence-electron chi connectivity index (χ0n) is 16.1. The van der Waals surface area contributed by atoms with E-state index in [1.54, 1.807) is 7.11 Å². The number of aromatic nitrogens is 1. The van der Waals surface area contributed by atoms with Crippen LogP contribution in [0.5, 0.6) is 5.75 Å². The number of benzene rings is 2. The van der Waals surface area contributed by atoms with Crippen LogP contribution in [-0.4, -0.2) is 35.4 Å². The van der Waals surface area contributed by atoms with Crippen LogP contribution in [0.1, 0.15) is 24.0 Å². The predicted molar refractivity (Wildman–Crippen MR) is 111 cm³/mol. The molecule has 4 heterocycles. The molecule has 0 N–H and O–H groups in total. The Morgan fingerprint density at radius 2 is 1.89 bits per heavy atom. The number of hydrogen-bond acceptors (Lipinski definition) is 3. The number of carbonyl (C=O) groups is 1. The lowest BCUT2D eigenvalue weighted by Crippen LogP contribution is -2.45. The molecule has 142 valence electrons. The van der Waals surface area contributed by atoms with E-state index >= 15 is 0 Å². The van der Waals surface area contributed by atoms with E-state index < -0.39 is 0 Å². The SMILES string of the molecule is COc1ccc2c(c1)c(/C=C1/C(=O)C3CCN1CC3)cn2Cc1ccccc1. The summed E-state index contributed by atoms with van der Waals surface area (Å²) in [6, 6.07) is 16.6. The first-order chi connectivity index (χ1) is 13.7. The molecule has 6 rings (SSSR count). The Hall–Kier alpha value is -3.01. The van der Waals surface area contributed by atoms with Gasteiger partial charge >= 0.3 is 0 Å². The van der Waals surface area contributed by atoms with Gasteiger partial charge in [-0.05, 0) is 42.7 Å². The number of ketones is 1. The van der Waals surface area contributed by atoms with Gasteiger partial charge in [-0.1, -0.05) is 30.3 Å². The molecule has 0 unspecified atom stereocenters. The van der Waals surface area contributed by atoms with Crippen molar-refractivity contribution in [2.75, 3.05) is 20.2 Å². The molecule has 4 nitrogen and oxygen atoms in total. The average Bonchev–Trinajstić information content (AvgIpc) is 3.08. The summed E-state index contributed by atoms with van der Waals surface area (Å²) in [5.74, 6) is 1.36. The molecule has 0 amide bonds. The van der Waals surface area contributed by atoms with E-state index in [9.17, 15) is 4.79 Å². The van der Waals surface area contributed by atoms with Crippen LogP contribution in [0, 0.1) is 5.92 Å². The monoisotopic (exact) mass is 372 g/mol. The molecular weight excluding hydrogens is 348 g/mol. The first-order valence-electron chi connectivity index (χ1n) is 9.94. The molecule has 0 saturated carbocycles. The van der Waals surface area contributed by atoms with Crippen LogP contribution < -0.4 is 4.74 Å². The summed E-state index contributed by atoms with van der Waals surface area (Å²) in [6.45, 7) is 2.79. The summed E-state index contributed by atoms with van der Waals surface area (Å²) in [5.41, 5.74) is 4.37. The highest BCUT2D eigenvalue weighted by Gasteiger charge is 2.36. The van der Waals surface area contributed by atoms with Crippen LogP contribution in [0.15, 0.2) is 60.4 Å². The van der Waals surface area contributed by atoms with Gasteiger partial charge < -0.3 is 14.2 Å². The highest BCUT2D eigenvalue weighted by atomic mass is 16.5. The third-order valence-electron chi connectivity index (χ3n) is 6.07. The first-order valence-corrected chi connectivity index (χ1v) is 9.94. The number of hydrogen-bond donors (Lipinski definition) is 0. The highest BCUT2D eigenvalue weighted by Crippen LogP contribution is 2.34. The Labute approximate surface area is 165 Å². The smallest absolute Gasteiger partial charge is 0.182 e. The molecule has 4 heteroatoms. The van der Waals surface area contributed by atoms with Gasteiger partial charge in [0.25, 0.3) is 0 Å². The third-order valence-corrected chi connectivity index (χ3v) is 6.07. The number of piperidine rings is 3. The van der Waals surface area contributed by atoms with E-state index in [-0.39, 0.29) is 5.92 Å². The van der Waals surface area contributed by atoms with E-state index in [0.717, 1.165) is 60.4 Å². The van der Waals surface area contributed by atoms with Crippen LogP contribution in [-0.2, 0) is 11.3 Å². The van der Waals surface area contributed by atoms with Gasteiger partial charge in [0.15, 0.2) is 5.78 Å². The maximum absolute atomic E-state index is 12.8. The van der Waals surface area contributed by atoms with Crippen molar-refractivity contribution in [1.29, 1.82) is 0 Å². The normalized spacial score (nSPS) is 18.4. The quantitative estimate of drug-likeness (QED) is 0.639. The van der Waals surface area contributed by atoms with E-state index in [0.29, 0.717) is 5.78 Å². The lowest BCUT2D eigenvalue weighted by molar-refractivity contribution is -0.125. The van der Waals surface area contributed by atoms with Crippen molar-refractivity contribution in [3.05, 3.63) is 71.6 Å². The molecule has 3 saturated heterocycles. The molecule has 0 radical (unpaired) electrons. The van der Waals surface area contributed by atoms with Gasteiger partial charge in [0.1, 0.15) is 5.75 Å². The van der Waals surface area contributed by atoms with Crippen molar-refractivity contribution in [1.82, 2.24) is 9.47 Å². The topological polar surface area (TPSA) is 34.5 Å². The molecule has 0 spiro atoms. The van der Waals surface area contributed by atoms with Gasteiger partial charge in [-0.2, -0.15) is 0 Å². The largest absolute Gasteiger partial charge is 0.497 e. The lowest BCUT2D eigenvalue weighted by atomic mass is 9.84. The van der Waals surface area contributed by atoms with Crippen molar-refractivity contribution in [3.63, 3.8) is 0 Å². The van der Waals surface area contributed by atoms with Crippen LogP contribution in [0.3, 0.4) is 0 Å². The Morgan fingerprint density at radius 3 is 2.61 bits per heavy atom. The minimum atomic E-state index is 0.212. The van der Waals surface area contributed by atoms with Crippen LogP contribution in [0.2, 0.25) is 0 Å². The highest BCUT2D eigenvalue weighted by molar-refractivity contribution is 6.04. The van der Waals surface area contributed by atoms with Crippen LogP contribution in [0.4, 0.5) is 0 Å². The molecule has 2 bridgehead atoms. The first kappa shape index (κ1) is 17.1. The molecule has 2 aromatic carbocycles. The fourth-order valence-electron chi connectivity index (χ4n) is 4.51. The van der Waals surface area contributed by atoms with Gasteiger partial charge in [0, 0.05) is 48.2 Å². The number of ether oxygens (including phenoxy) is 1. The minimum absolute atomic E-state index is 0.212. The lowest BCUT2D eigenvalue weighted by Gasteiger charge is -2.41. The number of fused-ring (bicyclic) bond motifs is 4. The Bertz CT molecular complexity index is 1060. The fourth-order valence-corrected chi connectivity index (χ4v) is 4.51. The average molecular weight is 372 g/mol. The summed E-state index contributed by atoms with van der Waals surface area (Å²) in [6.07, 6.45) is 6.26. The second-order valence-corrected chi connectivity index (χ2v) is 7.74. The van der Waals surface area contributed by atoms with Gasteiger partial charge in [-0.3, -0.25) is 4.79 Å². The standard InChI is InChI=1S/C24H24N2O2/c1-28-20-7-8-22-21(14-20)19(16-26(22)15-17-5-3-2-4-6-17)13-23-24(27)18-9-11-25(23)12-10-18/h2-8,13-14,16,18H,9-12,15H2,1H3/b23-13-. The van der Waals surface area contributed by atoms with E-state index in [1.165, 1.54) is 5.56 Å². The summed E-state index contributed by atoms with van der Waals surface area (Å²) in [7, 11) is 1.69. The molecule has 3 aliphatic heterocycles. The summed E-state index contributed by atoms with van der Waals surface area (Å²) in [5, 5.41) is 1.12. The zero-order chi connectivity index (χ0) is 19.1. The second-order valence-electron chi connectivity index (χ2n) is 7.74. The van der Waals surface area contributed by atoms with Crippen LogP contribution in [0.25, 0.3) is 17.0 Å². The Balaban J connectivity index is 1.61. The second kappa shape index (κ2) is 6.86. The fraction of sp³-hybridized carbons (Fsp3) is 0.292. The molecular formula is C24H24N2O2. The van der Waals surface area contributed by atoms with Gasteiger partial charge in [0.2, 0.25) is 0 Å². The zero-order valence-corrected chi connectivity index (χ0v) is 16.1. The summed E-state index contributed by atoms with van der Waals surface area (Å²) in [4.78, 5) is 15.1. The molecule has 3 aliphatic rings. The molecule has 1 aromatic heterocycles. The van der Waals surface area contributed by atoms with Crippen molar-refractivity contribution in [2.45, 2.75) is 19.4 Å². The van der Waals surface area contributed by atoms with Crippen molar-refractivity contribution < 1.29 is 9.53 Å². The van der Waals surface area contributed by atoms with Crippen molar-refractivity contribution in [3.8, 4) is 5.75 Å². The van der Waals surface area contributed by atoms with E-state index in [2.05, 4.69) is 58.1 Å². The Kier molecular flexibility index (Phi) is 4.19. The number of rotatable bonds is 4. The van der Waals surface area contributed by atoms with Gasteiger partial charge in [-0.15, -0.1) is 0 Å². The number of Topliss-reactive ketones (excluding diaryl/α,β-unsaturated/α-hetero) is 1. The molecule has 3 aromatic rings. The minimum Gasteiger partial charge on any atom is -0.497 e. The summed E-state index contributed by atoms with van der Waals surface area (Å²) < 4.78 is 7.72. The van der Waals surface area contributed by atoms with Gasteiger partial charge in [-0.25, -0.2) is 0 Å². The van der Waals surface area contributed by atoms with E-state index in [1.807, 2.05) is 12.1 Å². The van der Waals surface area contributed by atoms with Gasteiger partial charge in [0.05, 0.1) is 12.8 Å². The Morgan fingerprint density at radius 1 is 1.11 bits per heavy atom. The van der Waals surface area contributed by atoms with E-state index in [4.69, 9.17) is 4.74 Å². The third kappa shape index (κ3) is 2.89. The van der Waals surface area contributed by atoms with Crippen molar-refractivity contribution in [2.24, 2.45) is 5.92 Å². The maximum Gasteiger partial charge on any atom is 0.182 e.